The molecule has 4 heteroatoms. The van der Waals surface area contributed by atoms with Crippen LogP contribution in [0.15, 0.2) is 29.4 Å². The number of fused-ring (bicyclic) bond motifs is 5. The lowest BCUT2D eigenvalue weighted by atomic mass is 9.67. The van der Waals surface area contributed by atoms with Crippen LogP contribution in [0.1, 0.15) is 49.4 Å². The highest BCUT2D eigenvalue weighted by Crippen LogP contribution is 2.57. The van der Waals surface area contributed by atoms with Gasteiger partial charge in [-0.15, -0.1) is 0 Å². The van der Waals surface area contributed by atoms with E-state index in [0.717, 1.165) is 35.8 Å². The molecule has 2 N–H and O–H groups in total. The summed E-state index contributed by atoms with van der Waals surface area (Å²) in [6.07, 6.45) is 6.48. The Morgan fingerprint density at radius 1 is 1.17 bits per heavy atom. The van der Waals surface area contributed by atoms with Gasteiger partial charge in [-0.05, 0) is 73.8 Å². The van der Waals surface area contributed by atoms with Gasteiger partial charge in [0.1, 0.15) is 5.75 Å². The molecule has 5 unspecified atom stereocenters. The molecule has 1 aromatic rings. The van der Waals surface area contributed by atoms with Crippen molar-refractivity contribution in [1.29, 1.82) is 0 Å². The number of aromatic hydroxyl groups is 1. The summed E-state index contributed by atoms with van der Waals surface area (Å²) in [5.74, 6) is 3.61. The van der Waals surface area contributed by atoms with Crippen molar-refractivity contribution in [3.63, 3.8) is 0 Å². The molecule has 3 saturated carbocycles. The van der Waals surface area contributed by atoms with Crippen LogP contribution in [0.2, 0.25) is 0 Å². The van der Waals surface area contributed by atoms with Crippen LogP contribution in [0.4, 0.5) is 0 Å². The van der Waals surface area contributed by atoms with Crippen molar-refractivity contribution < 1.29 is 9.90 Å². The van der Waals surface area contributed by atoms with Crippen LogP contribution in [0.5, 0.6) is 5.75 Å². The number of amides is 1. The molecule has 23 heavy (non-hydrogen) atoms. The number of nitrogens with zero attached hydrogens (tertiary/aromatic N) is 1. The second-order valence-electron chi connectivity index (χ2n) is 7.56. The molecule has 0 spiro atoms. The first kappa shape index (κ1) is 14.7. The van der Waals surface area contributed by atoms with Crippen LogP contribution in [0, 0.1) is 29.6 Å². The van der Waals surface area contributed by atoms with Crippen LogP contribution in [-0.4, -0.2) is 16.7 Å². The van der Waals surface area contributed by atoms with Crippen LogP contribution >= 0.6 is 0 Å². The fraction of sp³-hybridized carbons (Fsp3) is 0.579. The van der Waals surface area contributed by atoms with Gasteiger partial charge in [0.05, 0.1) is 5.56 Å². The molecule has 0 heterocycles. The molecule has 122 valence electrons. The fourth-order valence-corrected chi connectivity index (χ4v) is 5.21. The fourth-order valence-electron chi connectivity index (χ4n) is 5.21. The van der Waals surface area contributed by atoms with Crippen molar-refractivity contribution in [1.82, 2.24) is 5.43 Å². The molecular weight excluding hydrogens is 288 g/mol. The number of rotatable bonds is 2. The van der Waals surface area contributed by atoms with Crippen molar-refractivity contribution in [2.45, 2.75) is 39.0 Å². The number of para-hydroxylation sites is 1. The molecule has 4 rings (SSSR count). The van der Waals surface area contributed by atoms with E-state index in [4.69, 9.17) is 0 Å². The SMILES string of the molecule is CC1CC2C3CCC(C3)C2C/C1=N/NC(=O)c1ccccc1O. The van der Waals surface area contributed by atoms with Gasteiger partial charge in [-0.1, -0.05) is 19.1 Å². The van der Waals surface area contributed by atoms with Crippen LogP contribution < -0.4 is 5.43 Å². The molecule has 3 aliphatic carbocycles. The van der Waals surface area contributed by atoms with Gasteiger partial charge in [0.15, 0.2) is 0 Å². The minimum Gasteiger partial charge on any atom is -0.507 e. The standard InChI is InChI=1S/C19H24N2O2/c1-11-8-15-12-6-7-13(9-12)16(15)10-17(11)20-21-19(23)14-4-2-3-5-18(14)22/h2-5,11-13,15-16,22H,6-10H2,1H3,(H,21,23)/b20-17-. The summed E-state index contributed by atoms with van der Waals surface area (Å²) in [6.45, 7) is 2.23. The predicted octanol–water partition coefficient (Wildman–Crippen LogP) is 3.57. The number of carbonyl (C=O) groups excluding carboxylic acids is 1. The van der Waals surface area contributed by atoms with Crippen molar-refractivity contribution in [2.75, 3.05) is 0 Å². The number of phenols is 1. The average molecular weight is 312 g/mol. The number of benzene rings is 1. The molecule has 4 nitrogen and oxygen atoms in total. The number of hydrogen-bond donors (Lipinski definition) is 2. The Hall–Kier alpha value is -1.84. The van der Waals surface area contributed by atoms with E-state index in [1.165, 1.54) is 31.7 Å². The van der Waals surface area contributed by atoms with E-state index in [1.807, 2.05) is 0 Å². The Labute approximate surface area is 137 Å². The van der Waals surface area contributed by atoms with E-state index < -0.39 is 0 Å². The first-order valence-corrected chi connectivity index (χ1v) is 8.78. The van der Waals surface area contributed by atoms with Gasteiger partial charge in [0, 0.05) is 5.71 Å². The summed E-state index contributed by atoms with van der Waals surface area (Å²) >= 11 is 0. The first-order valence-electron chi connectivity index (χ1n) is 8.78. The molecule has 3 aliphatic rings. The minimum atomic E-state index is -0.335. The summed E-state index contributed by atoms with van der Waals surface area (Å²) in [5, 5.41) is 14.2. The van der Waals surface area contributed by atoms with Crippen molar-refractivity contribution in [3.8, 4) is 5.75 Å². The van der Waals surface area contributed by atoms with Gasteiger partial charge in [0.25, 0.3) is 5.91 Å². The van der Waals surface area contributed by atoms with E-state index >= 15 is 0 Å². The smallest absolute Gasteiger partial charge is 0.275 e. The maximum absolute atomic E-state index is 12.2. The third-order valence-corrected chi connectivity index (χ3v) is 6.36. The van der Waals surface area contributed by atoms with Gasteiger partial charge in [-0.2, -0.15) is 5.10 Å². The minimum absolute atomic E-state index is 0.00457. The molecule has 0 saturated heterocycles. The summed E-state index contributed by atoms with van der Waals surface area (Å²) in [5.41, 5.74) is 4.06. The highest BCUT2D eigenvalue weighted by Gasteiger charge is 2.50. The predicted molar refractivity (Wildman–Crippen MR) is 89.2 cm³/mol. The molecule has 3 fully saturated rings. The lowest BCUT2D eigenvalue weighted by Crippen LogP contribution is -2.36. The highest BCUT2D eigenvalue weighted by molar-refractivity contribution is 5.98. The summed E-state index contributed by atoms with van der Waals surface area (Å²) < 4.78 is 0. The van der Waals surface area contributed by atoms with Gasteiger partial charge in [-0.25, -0.2) is 5.43 Å². The van der Waals surface area contributed by atoms with Crippen molar-refractivity contribution >= 4 is 11.6 Å². The monoisotopic (exact) mass is 312 g/mol. The Bertz CT molecular complexity index is 655. The molecule has 0 aromatic heterocycles. The van der Waals surface area contributed by atoms with Crippen molar-refractivity contribution in [3.05, 3.63) is 29.8 Å². The molecular formula is C19H24N2O2. The summed E-state index contributed by atoms with van der Waals surface area (Å²) in [4.78, 5) is 12.2. The number of carbonyl (C=O) groups is 1. The Balaban J connectivity index is 1.46. The third-order valence-electron chi connectivity index (χ3n) is 6.36. The van der Waals surface area contributed by atoms with Crippen LogP contribution in [-0.2, 0) is 0 Å². The number of nitrogens with one attached hydrogen (secondary N) is 1. The van der Waals surface area contributed by atoms with E-state index in [-0.39, 0.29) is 17.2 Å². The normalized spacial score (nSPS) is 36.9. The van der Waals surface area contributed by atoms with E-state index in [2.05, 4.69) is 17.5 Å². The maximum atomic E-state index is 12.2. The Kier molecular flexibility index (Phi) is 3.63. The van der Waals surface area contributed by atoms with Gasteiger partial charge >= 0.3 is 0 Å². The average Bonchev–Trinajstić information content (AvgIpc) is 3.14. The lowest BCUT2D eigenvalue weighted by Gasteiger charge is -2.38. The van der Waals surface area contributed by atoms with E-state index in [9.17, 15) is 9.90 Å². The lowest BCUT2D eigenvalue weighted by molar-refractivity contribution is 0.0951. The van der Waals surface area contributed by atoms with Crippen LogP contribution in [0.3, 0.4) is 0 Å². The molecule has 1 amide bonds. The molecule has 0 aliphatic heterocycles. The Morgan fingerprint density at radius 2 is 1.91 bits per heavy atom. The second kappa shape index (κ2) is 5.66. The zero-order chi connectivity index (χ0) is 16.0. The zero-order valence-corrected chi connectivity index (χ0v) is 13.5. The molecule has 5 atom stereocenters. The highest BCUT2D eigenvalue weighted by atomic mass is 16.3. The quantitative estimate of drug-likeness (QED) is 0.820. The summed E-state index contributed by atoms with van der Waals surface area (Å²) in [6, 6.07) is 6.58. The molecule has 0 radical (unpaired) electrons. The first-order chi connectivity index (χ1) is 11.1. The van der Waals surface area contributed by atoms with E-state index in [1.54, 1.807) is 18.2 Å². The molecule has 1 aromatic carbocycles. The number of hydrazone groups is 1. The number of phenolic OH excluding ortho intramolecular Hbond substituents is 1. The maximum Gasteiger partial charge on any atom is 0.275 e. The van der Waals surface area contributed by atoms with Gasteiger partial charge in [0.2, 0.25) is 0 Å². The third kappa shape index (κ3) is 2.54. The summed E-state index contributed by atoms with van der Waals surface area (Å²) in [7, 11) is 0. The molecule has 2 bridgehead atoms. The van der Waals surface area contributed by atoms with Crippen LogP contribution in [0.25, 0.3) is 0 Å². The largest absolute Gasteiger partial charge is 0.507 e. The van der Waals surface area contributed by atoms with E-state index in [0.29, 0.717) is 5.92 Å². The van der Waals surface area contributed by atoms with Crippen molar-refractivity contribution in [2.24, 2.45) is 34.7 Å². The second-order valence-corrected chi connectivity index (χ2v) is 7.56. The topological polar surface area (TPSA) is 61.7 Å². The van der Waals surface area contributed by atoms with Gasteiger partial charge in [-0.3, -0.25) is 4.79 Å². The zero-order valence-electron chi connectivity index (χ0n) is 13.5. The van der Waals surface area contributed by atoms with Gasteiger partial charge < -0.3 is 5.11 Å². The Morgan fingerprint density at radius 3 is 2.70 bits per heavy atom. The number of hydrogen-bond acceptors (Lipinski definition) is 3.